The highest BCUT2D eigenvalue weighted by Gasteiger charge is 2.19. The molecule has 1 atom stereocenters. The highest BCUT2D eigenvalue weighted by atomic mass is 16.7. The summed E-state index contributed by atoms with van der Waals surface area (Å²) < 4.78 is 0. The van der Waals surface area contributed by atoms with Gasteiger partial charge in [0.25, 0.3) is 0 Å². The summed E-state index contributed by atoms with van der Waals surface area (Å²) >= 11 is 0. The summed E-state index contributed by atoms with van der Waals surface area (Å²) in [7, 11) is 0. The van der Waals surface area contributed by atoms with Crippen LogP contribution in [0.15, 0.2) is 29.5 Å². The molecule has 1 fully saturated rings. The van der Waals surface area contributed by atoms with Crippen molar-refractivity contribution in [3.63, 3.8) is 0 Å². The summed E-state index contributed by atoms with van der Waals surface area (Å²) in [5.41, 5.74) is 0.819. The molecule has 0 aliphatic heterocycles. The van der Waals surface area contributed by atoms with Gasteiger partial charge in [-0.2, -0.15) is 5.26 Å². The number of aliphatic hydroxyl groups excluding tert-OH is 1. The normalized spacial score (nSPS) is 16.1. The highest BCUT2D eigenvalue weighted by Crippen LogP contribution is 2.24. The molecule has 9 nitrogen and oxygen atoms in total. The summed E-state index contributed by atoms with van der Waals surface area (Å²) in [4.78, 5) is 14.4. The maximum atomic E-state index is 10.3. The summed E-state index contributed by atoms with van der Waals surface area (Å²) in [6, 6.07) is 3.62. The number of nitriles is 1. The standard InChI is InChI=1S/C22H37N7O2/c1-2-25-22(30)29(31-17-19-9-5-3-6-10-19)16-8-4-7-13-26-21(27-18-23)28-20-11-14-24-15-12-20/h11-12,14-15,19,22,25,30H,2-10,13,16-17H2,1H3,(H2,24,26,27,28). The fourth-order valence-corrected chi connectivity index (χ4v) is 3.58. The van der Waals surface area contributed by atoms with E-state index in [9.17, 15) is 5.11 Å². The monoisotopic (exact) mass is 431 g/mol. The number of guanidine groups is 1. The van der Waals surface area contributed by atoms with E-state index in [4.69, 9.17) is 10.1 Å². The first-order valence-corrected chi connectivity index (χ1v) is 11.4. The molecule has 0 saturated heterocycles. The number of nitrogens with zero attached hydrogens (tertiary/aromatic N) is 4. The molecule has 1 aliphatic rings. The lowest BCUT2D eigenvalue weighted by molar-refractivity contribution is -0.255. The minimum absolute atomic E-state index is 0.425. The van der Waals surface area contributed by atoms with Crippen LogP contribution in [0.4, 0.5) is 5.69 Å². The summed E-state index contributed by atoms with van der Waals surface area (Å²) in [5.74, 6) is 1.02. The van der Waals surface area contributed by atoms with E-state index < -0.39 is 6.35 Å². The SMILES string of the molecule is CCNC(O)N(CCCCCN=C(NC#N)Nc1ccncc1)OCC1CCCCC1. The van der Waals surface area contributed by atoms with Crippen LogP contribution in [-0.2, 0) is 4.84 Å². The van der Waals surface area contributed by atoms with E-state index in [1.807, 2.05) is 25.2 Å². The molecule has 0 amide bonds. The molecule has 9 heteroatoms. The second-order valence-electron chi connectivity index (χ2n) is 7.76. The molecule has 1 aromatic heterocycles. The van der Waals surface area contributed by atoms with Crippen molar-refractivity contribution in [3.05, 3.63) is 24.5 Å². The van der Waals surface area contributed by atoms with Crippen molar-refractivity contribution in [1.82, 2.24) is 20.7 Å². The van der Waals surface area contributed by atoms with E-state index in [1.54, 1.807) is 17.5 Å². The van der Waals surface area contributed by atoms with Crippen molar-refractivity contribution in [2.45, 2.75) is 64.6 Å². The number of unbranched alkanes of at least 4 members (excludes halogenated alkanes) is 2. The number of aromatic nitrogens is 1. The van der Waals surface area contributed by atoms with Crippen LogP contribution < -0.4 is 16.0 Å². The van der Waals surface area contributed by atoms with Gasteiger partial charge in [0.15, 0.2) is 12.5 Å². The Hall–Kier alpha value is -2.25. The molecule has 172 valence electrons. The van der Waals surface area contributed by atoms with Crippen molar-refractivity contribution in [3.8, 4) is 6.19 Å². The van der Waals surface area contributed by atoms with Gasteiger partial charge in [0.05, 0.1) is 6.61 Å². The molecule has 1 saturated carbocycles. The van der Waals surface area contributed by atoms with Gasteiger partial charge in [-0.15, -0.1) is 5.06 Å². The molecule has 1 unspecified atom stereocenters. The largest absolute Gasteiger partial charge is 0.364 e. The first-order chi connectivity index (χ1) is 15.2. The van der Waals surface area contributed by atoms with Gasteiger partial charge < -0.3 is 10.4 Å². The minimum atomic E-state index is -0.789. The van der Waals surface area contributed by atoms with E-state index in [-0.39, 0.29) is 0 Å². The minimum Gasteiger partial charge on any atom is -0.364 e. The number of hydrogen-bond donors (Lipinski definition) is 4. The average Bonchev–Trinajstić information content (AvgIpc) is 2.79. The number of nitrogens with one attached hydrogen (secondary N) is 3. The average molecular weight is 432 g/mol. The number of pyridine rings is 1. The molecule has 0 spiro atoms. The predicted octanol–water partition coefficient (Wildman–Crippen LogP) is 2.79. The van der Waals surface area contributed by atoms with Gasteiger partial charge in [-0.05, 0) is 50.3 Å². The van der Waals surface area contributed by atoms with Crippen LogP contribution in [0.2, 0.25) is 0 Å². The number of hydroxylamine groups is 2. The number of anilines is 1. The Morgan fingerprint density at radius 1 is 1.29 bits per heavy atom. The molecule has 0 aromatic carbocycles. The molecule has 1 aromatic rings. The smallest absolute Gasteiger partial charge is 0.209 e. The molecular weight excluding hydrogens is 394 g/mol. The number of aliphatic hydroxyl groups is 1. The van der Waals surface area contributed by atoms with Crippen molar-refractivity contribution in [2.24, 2.45) is 10.9 Å². The maximum absolute atomic E-state index is 10.3. The second-order valence-corrected chi connectivity index (χ2v) is 7.76. The van der Waals surface area contributed by atoms with Crippen LogP contribution in [-0.4, -0.2) is 53.7 Å². The maximum Gasteiger partial charge on any atom is 0.209 e. The zero-order valence-corrected chi connectivity index (χ0v) is 18.6. The van der Waals surface area contributed by atoms with Crippen LogP contribution >= 0.6 is 0 Å². The van der Waals surface area contributed by atoms with Crippen LogP contribution in [0.5, 0.6) is 0 Å². The first kappa shape index (κ1) is 25.0. The Kier molecular flexibility index (Phi) is 12.5. The predicted molar refractivity (Wildman–Crippen MR) is 122 cm³/mol. The zero-order chi connectivity index (χ0) is 22.2. The van der Waals surface area contributed by atoms with Gasteiger partial charge in [-0.25, -0.2) is 0 Å². The third-order valence-corrected chi connectivity index (χ3v) is 5.28. The molecule has 2 rings (SSSR count). The van der Waals surface area contributed by atoms with E-state index >= 15 is 0 Å². The van der Waals surface area contributed by atoms with E-state index in [0.29, 0.717) is 38.1 Å². The topological polar surface area (TPSA) is 118 Å². The van der Waals surface area contributed by atoms with Crippen LogP contribution in [0.3, 0.4) is 0 Å². The van der Waals surface area contributed by atoms with Crippen molar-refractivity contribution < 1.29 is 9.94 Å². The van der Waals surface area contributed by atoms with E-state index in [0.717, 1.165) is 24.9 Å². The molecule has 1 aliphatic carbocycles. The third kappa shape index (κ3) is 10.6. The molecule has 1 heterocycles. The van der Waals surface area contributed by atoms with E-state index in [1.165, 1.54) is 32.1 Å². The molecule has 4 N–H and O–H groups in total. The van der Waals surface area contributed by atoms with Gasteiger partial charge in [0.2, 0.25) is 5.96 Å². The third-order valence-electron chi connectivity index (χ3n) is 5.28. The Morgan fingerprint density at radius 3 is 2.77 bits per heavy atom. The summed E-state index contributed by atoms with van der Waals surface area (Å²) in [5, 5.41) is 29.6. The van der Waals surface area contributed by atoms with Crippen LogP contribution in [0.1, 0.15) is 58.3 Å². The zero-order valence-electron chi connectivity index (χ0n) is 18.6. The fourth-order valence-electron chi connectivity index (χ4n) is 3.58. The quantitative estimate of drug-likeness (QED) is 0.0716. The Morgan fingerprint density at radius 2 is 2.06 bits per heavy atom. The summed E-state index contributed by atoms with van der Waals surface area (Å²) in [6.07, 6.45) is 13.5. The summed E-state index contributed by atoms with van der Waals surface area (Å²) in [6.45, 7) is 4.58. The van der Waals surface area contributed by atoms with Gasteiger partial charge >= 0.3 is 0 Å². The van der Waals surface area contributed by atoms with Gasteiger partial charge in [-0.1, -0.05) is 32.6 Å². The number of hydrogen-bond acceptors (Lipinski definition) is 7. The Labute approximate surface area is 185 Å². The highest BCUT2D eigenvalue weighted by molar-refractivity contribution is 5.94. The Balaban J connectivity index is 1.70. The van der Waals surface area contributed by atoms with Gasteiger partial charge in [0.1, 0.15) is 0 Å². The van der Waals surface area contributed by atoms with Crippen molar-refractivity contribution in [2.75, 3.05) is 31.6 Å². The lowest BCUT2D eigenvalue weighted by Crippen LogP contribution is -2.46. The van der Waals surface area contributed by atoms with Crippen LogP contribution in [0, 0.1) is 17.4 Å². The number of rotatable bonds is 13. The first-order valence-electron chi connectivity index (χ1n) is 11.4. The van der Waals surface area contributed by atoms with Gasteiger partial charge in [0, 0.05) is 31.2 Å². The van der Waals surface area contributed by atoms with Crippen molar-refractivity contribution in [1.29, 1.82) is 5.26 Å². The van der Waals surface area contributed by atoms with E-state index in [2.05, 4.69) is 25.9 Å². The lowest BCUT2D eigenvalue weighted by Gasteiger charge is -2.30. The fraction of sp³-hybridized carbons (Fsp3) is 0.682. The number of aliphatic imine (C=N–C) groups is 1. The molecular formula is C22H37N7O2. The van der Waals surface area contributed by atoms with Crippen LogP contribution in [0.25, 0.3) is 0 Å². The molecule has 0 radical (unpaired) electrons. The molecule has 0 bridgehead atoms. The lowest BCUT2D eigenvalue weighted by atomic mass is 9.90. The Bertz CT molecular complexity index is 660. The van der Waals surface area contributed by atoms with Crippen molar-refractivity contribution >= 4 is 11.6 Å². The second kappa shape index (κ2) is 15.5. The van der Waals surface area contributed by atoms with Gasteiger partial charge in [-0.3, -0.25) is 25.4 Å². The molecule has 31 heavy (non-hydrogen) atoms.